The molecule has 1 nitrogen and oxygen atoms in total. The Morgan fingerprint density at radius 3 is 2.54 bits per heavy atom. The monoisotopic (exact) mass is 175 g/mol. The van der Waals surface area contributed by atoms with Gasteiger partial charge < -0.3 is 5.32 Å². The van der Waals surface area contributed by atoms with Gasteiger partial charge in [-0.1, -0.05) is 42.5 Å². The van der Waals surface area contributed by atoms with E-state index in [9.17, 15) is 0 Å². The van der Waals surface area contributed by atoms with E-state index in [0.29, 0.717) is 6.04 Å². The molecule has 0 radical (unpaired) electrons. The zero-order valence-electron chi connectivity index (χ0n) is 8.38. The first kappa shape index (κ1) is 10.0. The molecule has 0 amide bonds. The van der Waals surface area contributed by atoms with Crippen LogP contribution in [0.3, 0.4) is 0 Å². The molecule has 1 aromatic rings. The Kier molecular flexibility index (Phi) is 3.71. The zero-order valence-corrected chi connectivity index (χ0v) is 8.38. The molecule has 0 aromatic heterocycles. The van der Waals surface area contributed by atoms with E-state index in [1.165, 1.54) is 11.1 Å². The summed E-state index contributed by atoms with van der Waals surface area (Å²) in [6, 6.07) is 10.8. The van der Waals surface area contributed by atoms with Gasteiger partial charge in [0.15, 0.2) is 0 Å². The molecule has 1 rings (SSSR count). The summed E-state index contributed by atoms with van der Waals surface area (Å²) >= 11 is 0. The van der Waals surface area contributed by atoms with E-state index >= 15 is 0 Å². The van der Waals surface area contributed by atoms with E-state index in [0.717, 1.165) is 6.54 Å². The van der Waals surface area contributed by atoms with Crippen LogP contribution >= 0.6 is 0 Å². The van der Waals surface area contributed by atoms with Gasteiger partial charge in [-0.2, -0.15) is 0 Å². The quantitative estimate of drug-likeness (QED) is 0.694. The molecule has 0 aliphatic heterocycles. The van der Waals surface area contributed by atoms with Crippen molar-refractivity contribution in [1.29, 1.82) is 0 Å². The fourth-order valence-electron chi connectivity index (χ4n) is 1.19. The van der Waals surface area contributed by atoms with Crippen molar-refractivity contribution in [2.75, 3.05) is 6.54 Å². The smallest absolute Gasteiger partial charge is 0.0294 e. The lowest BCUT2D eigenvalue weighted by molar-refractivity contribution is 0.607. The molecule has 1 atom stereocenters. The van der Waals surface area contributed by atoms with Gasteiger partial charge in [-0.3, -0.25) is 0 Å². The fraction of sp³-hybridized carbons (Fsp3) is 0.333. The van der Waals surface area contributed by atoms with Crippen molar-refractivity contribution in [2.45, 2.75) is 19.9 Å². The summed E-state index contributed by atoms with van der Waals surface area (Å²) in [4.78, 5) is 0. The zero-order chi connectivity index (χ0) is 9.68. The lowest BCUT2D eigenvalue weighted by Gasteiger charge is -2.13. The highest BCUT2D eigenvalue weighted by molar-refractivity contribution is 5.18. The minimum absolute atomic E-state index is 0.401. The predicted molar refractivity (Wildman–Crippen MR) is 57.7 cm³/mol. The Bertz CT molecular complexity index is 264. The van der Waals surface area contributed by atoms with Crippen LogP contribution in [0.5, 0.6) is 0 Å². The lowest BCUT2D eigenvalue weighted by Crippen LogP contribution is -2.20. The topological polar surface area (TPSA) is 12.0 Å². The van der Waals surface area contributed by atoms with Crippen LogP contribution in [0.4, 0.5) is 0 Å². The number of benzene rings is 1. The van der Waals surface area contributed by atoms with E-state index in [1.807, 2.05) is 13.0 Å². The van der Waals surface area contributed by atoms with Crippen molar-refractivity contribution in [3.05, 3.63) is 48.0 Å². The maximum absolute atomic E-state index is 3.86. The normalized spacial score (nSPS) is 12.5. The minimum atomic E-state index is 0.401. The van der Waals surface area contributed by atoms with Crippen molar-refractivity contribution < 1.29 is 0 Å². The number of nitrogens with one attached hydrogen (secondary N) is 1. The molecule has 1 N–H and O–H groups in total. The van der Waals surface area contributed by atoms with E-state index < -0.39 is 0 Å². The average Bonchev–Trinajstić information content (AvgIpc) is 2.15. The van der Waals surface area contributed by atoms with Gasteiger partial charge in [0.05, 0.1) is 0 Å². The highest BCUT2D eigenvalue weighted by Gasteiger charge is 2.01. The molecule has 0 saturated carbocycles. The Morgan fingerprint density at radius 2 is 2.00 bits per heavy atom. The molecule has 0 heterocycles. The first-order valence-electron chi connectivity index (χ1n) is 4.63. The van der Waals surface area contributed by atoms with Gasteiger partial charge in [0, 0.05) is 12.6 Å². The van der Waals surface area contributed by atoms with Crippen molar-refractivity contribution in [3.63, 3.8) is 0 Å². The molecule has 13 heavy (non-hydrogen) atoms. The third-order valence-corrected chi connectivity index (χ3v) is 2.01. The van der Waals surface area contributed by atoms with Crippen LogP contribution in [0.25, 0.3) is 0 Å². The van der Waals surface area contributed by atoms with E-state index in [4.69, 9.17) is 0 Å². The largest absolute Gasteiger partial charge is 0.306 e. The third-order valence-electron chi connectivity index (χ3n) is 2.01. The summed E-state index contributed by atoms with van der Waals surface area (Å²) in [6.07, 6.45) is 0. The molecular weight excluding hydrogens is 158 g/mol. The maximum atomic E-state index is 3.86. The highest BCUT2D eigenvalue weighted by Crippen LogP contribution is 2.10. The molecule has 0 saturated heterocycles. The summed E-state index contributed by atoms with van der Waals surface area (Å²) in [5, 5.41) is 3.40. The SMILES string of the molecule is C=C(C)CN[C@@H](C)c1ccccc1. The van der Waals surface area contributed by atoms with Crippen LogP contribution in [0.2, 0.25) is 0 Å². The van der Waals surface area contributed by atoms with Crippen LogP contribution in [-0.4, -0.2) is 6.54 Å². The maximum Gasteiger partial charge on any atom is 0.0294 e. The summed E-state index contributed by atoms with van der Waals surface area (Å²) in [5.74, 6) is 0. The van der Waals surface area contributed by atoms with Gasteiger partial charge in [0.2, 0.25) is 0 Å². The average molecular weight is 175 g/mol. The lowest BCUT2D eigenvalue weighted by atomic mass is 10.1. The van der Waals surface area contributed by atoms with Crippen molar-refractivity contribution in [1.82, 2.24) is 5.32 Å². The summed E-state index contributed by atoms with van der Waals surface area (Å²) in [7, 11) is 0. The van der Waals surface area contributed by atoms with Crippen LogP contribution in [0.15, 0.2) is 42.5 Å². The molecular formula is C12H17N. The second-order valence-corrected chi connectivity index (χ2v) is 3.47. The van der Waals surface area contributed by atoms with Gasteiger partial charge in [0.1, 0.15) is 0 Å². The molecule has 1 heteroatoms. The second kappa shape index (κ2) is 4.83. The van der Waals surface area contributed by atoms with Crippen LogP contribution in [0.1, 0.15) is 25.5 Å². The molecule has 0 spiro atoms. The molecule has 0 bridgehead atoms. The van der Waals surface area contributed by atoms with Crippen molar-refractivity contribution >= 4 is 0 Å². The Morgan fingerprint density at radius 1 is 1.38 bits per heavy atom. The van der Waals surface area contributed by atoms with Gasteiger partial charge >= 0.3 is 0 Å². The Hall–Kier alpha value is -1.08. The van der Waals surface area contributed by atoms with Gasteiger partial charge in [-0.15, -0.1) is 0 Å². The predicted octanol–water partition coefficient (Wildman–Crippen LogP) is 2.91. The first-order chi connectivity index (χ1) is 6.20. The molecule has 70 valence electrons. The number of hydrogen-bond acceptors (Lipinski definition) is 1. The summed E-state index contributed by atoms with van der Waals surface area (Å²) in [6.45, 7) is 8.94. The third kappa shape index (κ3) is 3.43. The molecule has 0 aliphatic carbocycles. The highest BCUT2D eigenvalue weighted by atomic mass is 14.9. The van der Waals surface area contributed by atoms with Gasteiger partial charge in [0.25, 0.3) is 0 Å². The standard InChI is InChI=1S/C12H17N/c1-10(2)9-13-11(3)12-7-5-4-6-8-12/h4-8,11,13H,1,9H2,2-3H3/t11-/m0/s1. The van der Waals surface area contributed by atoms with Crippen LogP contribution in [-0.2, 0) is 0 Å². The molecule has 1 aromatic carbocycles. The van der Waals surface area contributed by atoms with Gasteiger partial charge in [-0.25, -0.2) is 0 Å². The molecule has 0 unspecified atom stereocenters. The Balaban J connectivity index is 2.49. The van der Waals surface area contributed by atoms with Crippen molar-refractivity contribution in [2.24, 2.45) is 0 Å². The molecule has 0 fully saturated rings. The van der Waals surface area contributed by atoms with Crippen LogP contribution in [0, 0.1) is 0 Å². The Labute approximate surface area is 80.5 Å². The van der Waals surface area contributed by atoms with E-state index in [2.05, 4.69) is 43.1 Å². The number of hydrogen-bond donors (Lipinski definition) is 1. The van der Waals surface area contributed by atoms with Crippen LogP contribution < -0.4 is 5.32 Å². The van der Waals surface area contributed by atoms with E-state index in [1.54, 1.807) is 0 Å². The first-order valence-corrected chi connectivity index (χ1v) is 4.63. The minimum Gasteiger partial charge on any atom is -0.306 e. The summed E-state index contributed by atoms with van der Waals surface area (Å²) in [5.41, 5.74) is 2.49. The number of rotatable bonds is 4. The van der Waals surface area contributed by atoms with Gasteiger partial charge in [-0.05, 0) is 19.4 Å². The summed E-state index contributed by atoms with van der Waals surface area (Å²) < 4.78 is 0. The van der Waals surface area contributed by atoms with E-state index in [-0.39, 0.29) is 0 Å². The fourth-order valence-corrected chi connectivity index (χ4v) is 1.19. The van der Waals surface area contributed by atoms with Crippen molar-refractivity contribution in [3.8, 4) is 0 Å². The molecule has 0 aliphatic rings. The second-order valence-electron chi connectivity index (χ2n) is 3.47.